The van der Waals surface area contributed by atoms with Crippen molar-refractivity contribution in [3.8, 4) is 0 Å². The molecule has 0 saturated heterocycles. The van der Waals surface area contributed by atoms with Crippen molar-refractivity contribution in [2.45, 2.75) is 13.8 Å². The number of carbonyl (C=O) groups is 2. The van der Waals surface area contributed by atoms with Crippen LogP contribution in [0.5, 0.6) is 0 Å². The molecule has 0 bridgehead atoms. The third-order valence-electron chi connectivity index (χ3n) is 2.52. The van der Waals surface area contributed by atoms with Crippen molar-refractivity contribution in [1.82, 2.24) is 0 Å². The summed E-state index contributed by atoms with van der Waals surface area (Å²) in [5.74, 6) is 0.0307. The Hall–Kier alpha value is -2.34. The second kappa shape index (κ2) is 5.75. The number of thiophene rings is 1. The van der Waals surface area contributed by atoms with Gasteiger partial charge in [-0.25, -0.2) is 4.79 Å². The number of furan rings is 1. The Morgan fingerprint density at radius 2 is 2.10 bits per heavy atom. The molecule has 0 saturated carbocycles. The van der Waals surface area contributed by atoms with Gasteiger partial charge in [0.2, 0.25) is 5.91 Å². The van der Waals surface area contributed by atoms with Crippen LogP contribution in [0, 0.1) is 13.8 Å². The number of anilines is 1. The molecule has 0 atom stereocenters. The number of rotatable bonds is 4. The van der Waals surface area contributed by atoms with Gasteiger partial charge in [-0.1, -0.05) is 0 Å². The van der Waals surface area contributed by atoms with E-state index in [1.165, 1.54) is 6.08 Å². The van der Waals surface area contributed by atoms with Crippen LogP contribution in [0.15, 0.2) is 28.7 Å². The average molecular weight is 291 g/mol. The van der Waals surface area contributed by atoms with Gasteiger partial charge in [0.25, 0.3) is 0 Å². The van der Waals surface area contributed by atoms with Gasteiger partial charge in [-0.15, -0.1) is 11.3 Å². The molecule has 1 amide bonds. The summed E-state index contributed by atoms with van der Waals surface area (Å²) >= 11 is 1.03. The molecule has 2 N–H and O–H groups in total. The molecule has 2 aromatic rings. The van der Waals surface area contributed by atoms with Gasteiger partial charge < -0.3 is 14.8 Å². The molecule has 2 rings (SSSR count). The lowest BCUT2D eigenvalue weighted by atomic mass is 10.3. The quantitative estimate of drug-likeness (QED) is 0.847. The number of nitrogens with one attached hydrogen (secondary N) is 1. The van der Waals surface area contributed by atoms with Crippen molar-refractivity contribution in [1.29, 1.82) is 0 Å². The van der Waals surface area contributed by atoms with E-state index in [1.54, 1.807) is 31.2 Å². The lowest BCUT2D eigenvalue weighted by Crippen LogP contribution is -2.05. The van der Waals surface area contributed by atoms with E-state index in [4.69, 9.17) is 9.52 Å². The van der Waals surface area contributed by atoms with Crippen molar-refractivity contribution < 1.29 is 19.1 Å². The molecule has 0 fully saturated rings. The van der Waals surface area contributed by atoms with Crippen molar-refractivity contribution in [3.05, 3.63) is 46.2 Å². The molecule has 0 aliphatic rings. The van der Waals surface area contributed by atoms with E-state index in [-0.39, 0.29) is 10.8 Å². The van der Waals surface area contributed by atoms with Crippen LogP contribution in [0.3, 0.4) is 0 Å². The first-order chi connectivity index (χ1) is 9.45. The third kappa shape index (κ3) is 3.36. The van der Waals surface area contributed by atoms with Crippen LogP contribution < -0.4 is 5.32 Å². The Bertz CT molecular complexity index is 681. The predicted octanol–water partition coefficient (Wildman–Crippen LogP) is 3.31. The Labute approximate surface area is 119 Å². The van der Waals surface area contributed by atoms with E-state index < -0.39 is 5.97 Å². The maximum atomic E-state index is 11.7. The molecule has 0 unspecified atom stereocenters. The molecule has 0 aliphatic heterocycles. The van der Waals surface area contributed by atoms with Gasteiger partial charge in [0.15, 0.2) is 0 Å². The van der Waals surface area contributed by atoms with E-state index in [0.717, 1.165) is 17.1 Å². The minimum atomic E-state index is -0.991. The first-order valence-corrected chi connectivity index (χ1v) is 6.66. The number of carboxylic acids is 1. The highest BCUT2D eigenvalue weighted by molar-refractivity contribution is 7.18. The number of amides is 1. The van der Waals surface area contributed by atoms with E-state index in [1.807, 2.05) is 6.92 Å². The minimum absolute atomic E-state index is 0.228. The fourth-order valence-corrected chi connectivity index (χ4v) is 2.53. The fourth-order valence-electron chi connectivity index (χ4n) is 1.62. The average Bonchev–Trinajstić information content (AvgIpc) is 2.93. The van der Waals surface area contributed by atoms with Crippen LogP contribution in [0.1, 0.15) is 26.8 Å². The molecule has 0 aliphatic carbocycles. The number of carboxylic acid groups (broad SMARTS) is 1. The summed E-state index contributed by atoms with van der Waals surface area (Å²) in [6, 6.07) is 5.20. The van der Waals surface area contributed by atoms with Gasteiger partial charge in [-0.2, -0.15) is 0 Å². The van der Waals surface area contributed by atoms with Crippen LogP contribution in [0.4, 0.5) is 5.00 Å². The standard InChI is InChI=1S/C14H13NO4S/c1-8-7-12(20-13(8)14(17)18)15-11(16)6-5-10-4-3-9(2)19-10/h3-7H,1-2H3,(H,15,16)(H,17,18)/b6-5+. The topological polar surface area (TPSA) is 79.5 Å². The highest BCUT2D eigenvalue weighted by atomic mass is 32.1. The summed E-state index contributed by atoms with van der Waals surface area (Å²) in [5, 5.41) is 12.1. The lowest BCUT2D eigenvalue weighted by molar-refractivity contribution is -0.111. The zero-order valence-corrected chi connectivity index (χ0v) is 11.8. The number of carbonyl (C=O) groups excluding carboxylic acids is 1. The largest absolute Gasteiger partial charge is 0.477 e. The Morgan fingerprint density at radius 1 is 1.35 bits per heavy atom. The molecule has 2 aromatic heterocycles. The highest BCUT2D eigenvalue weighted by Gasteiger charge is 2.12. The monoisotopic (exact) mass is 291 g/mol. The first kappa shape index (κ1) is 14.1. The Kier molecular flexibility index (Phi) is 4.05. The second-order valence-corrected chi connectivity index (χ2v) is 5.25. The SMILES string of the molecule is Cc1ccc(/C=C/C(=O)Nc2cc(C)c(C(=O)O)s2)o1. The molecule has 2 heterocycles. The van der Waals surface area contributed by atoms with Crippen molar-refractivity contribution >= 4 is 34.3 Å². The van der Waals surface area contributed by atoms with E-state index >= 15 is 0 Å². The van der Waals surface area contributed by atoms with Gasteiger partial charge in [-0.3, -0.25) is 4.79 Å². The number of hydrogen-bond acceptors (Lipinski definition) is 4. The van der Waals surface area contributed by atoms with Crippen molar-refractivity contribution in [3.63, 3.8) is 0 Å². The zero-order valence-electron chi connectivity index (χ0n) is 11.0. The summed E-state index contributed by atoms with van der Waals surface area (Å²) in [6.45, 7) is 3.51. The molecule has 0 radical (unpaired) electrons. The van der Waals surface area contributed by atoms with Crippen LogP contribution >= 0.6 is 11.3 Å². The molecule has 6 heteroatoms. The highest BCUT2D eigenvalue weighted by Crippen LogP contribution is 2.26. The van der Waals surface area contributed by atoms with Crippen molar-refractivity contribution in [2.24, 2.45) is 0 Å². The van der Waals surface area contributed by atoms with Crippen LogP contribution in [0.2, 0.25) is 0 Å². The fraction of sp³-hybridized carbons (Fsp3) is 0.143. The van der Waals surface area contributed by atoms with E-state index in [0.29, 0.717) is 16.3 Å². The van der Waals surface area contributed by atoms with E-state index in [9.17, 15) is 9.59 Å². The van der Waals surface area contributed by atoms with Gasteiger partial charge in [0.1, 0.15) is 16.4 Å². The lowest BCUT2D eigenvalue weighted by Gasteiger charge is -1.95. The second-order valence-electron chi connectivity index (χ2n) is 4.20. The molecule has 0 aromatic carbocycles. The summed E-state index contributed by atoms with van der Waals surface area (Å²) in [5.41, 5.74) is 0.628. The summed E-state index contributed by atoms with van der Waals surface area (Å²) in [4.78, 5) is 22.8. The smallest absolute Gasteiger partial charge is 0.346 e. The number of hydrogen-bond donors (Lipinski definition) is 2. The van der Waals surface area contributed by atoms with E-state index in [2.05, 4.69) is 5.32 Å². The van der Waals surface area contributed by atoms with Crippen molar-refractivity contribution in [2.75, 3.05) is 5.32 Å². The molecule has 5 nitrogen and oxygen atoms in total. The summed E-state index contributed by atoms with van der Waals surface area (Å²) in [6.07, 6.45) is 2.90. The van der Waals surface area contributed by atoms with Crippen LogP contribution in [-0.2, 0) is 4.79 Å². The molecule has 104 valence electrons. The Morgan fingerprint density at radius 3 is 2.65 bits per heavy atom. The normalized spacial score (nSPS) is 10.9. The summed E-state index contributed by atoms with van der Waals surface area (Å²) in [7, 11) is 0. The predicted molar refractivity (Wildman–Crippen MR) is 77.1 cm³/mol. The van der Waals surface area contributed by atoms with Gasteiger partial charge in [-0.05, 0) is 43.7 Å². The van der Waals surface area contributed by atoms with Gasteiger partial charge in [0, 0.05) is 6.08 Å². The maximum absolute atomic E-state index is 11.7. The number of aromatic carboxylic acids is 1. The maximum Gasteiger partial charge on any atom is 0.346 e. The molecule has 20 heavy (non-hydrogen) atoms. The first-order valence-electron chi connectivity index (χ1n) is 5.85. The third-order valence-corrected chi connectivity index (χ3v) is 3.66. The van der Waals surface area contributed by atoms with Gasteiger partial charge in [0.05, 0.1) is 5.00 Å². The van der Waals surface area contributed by atoms with Gasteiger partial charge >= 0.3 is 5.97 Å². The number of aryl methyl sites for hydroxylation is 2. The molecule has 0 spiro atoms. The molecular weight excluding hydrogens is 278 g/mol. The van der Waals surface area contributed by atoms with Crippen LogP contribution in [0.25, 0.3) is 6.08 Å². The zero-order chi connectivity index (χ0) is 14.7. The summed E-state index contributed by atoms with van der Waals surface area (Å²) < 4.78 is 5.30. The van der Waals surface area contributed by atoms with Crippen LogP contribution in [-0.4, -0.2) is 17.0 Å². The Balaban J connectivity index is 2.03. The molecular formula is C14H13NO4S. The minimum Gasteiger partial charge on any atom is -0.477 e.